The van der Waals surface area contributed by atoms with Crippen LogP contribution in [0.25, 0.3) is 0 Å². The Balaban J connectivity index is 3.29. The molecule has 0 aliphatic carbocycles. The number of ether oxygens (including phenoxy) is 1. The minimum absolute atomic E-state index is 0.0302. The second-order valence-electron chi connectivity index (χ2n) is 3.99. The summed E-state index contributed by atoms with van der Waals surface area (Å²) < 4.78 is 5.08. The van der Waals surface area contributed by atoms with Gasteiger partial charge in [-0.3, -0.25) is 0 Å². The number of nitrogens with one attached hydrogen (secondary N) is 1. The molecule has 0 aliphatic rings. The third-order valence-electron chi connectivity index (χ3n) is 2.19. The molecule has 0 aromatic heterocycles. The van der Waals surface area contributed by atoms with E-state index in [1.54, 1.807) is 0 Å². The monoisotopic (exact) mass is 221 g/mol. The van der Waals surface area contributed by atoms with Crippen LogP contribution in [0.15, 0.2) is 0 Å². The molecule has 5 nitrogen and oxygen atoms in total. The lowest BCUT2D eigenvalue weighted by atomic mass is 9.93. The van der Waals surface area contributed by atoms with Gasteiger partial charge in [-0.15, -0.1) is 0 Å². The zero-order valence-electron chi connectivity index (χ0n) is 9.41. The fourth-order valence-corrected chi connectivity index (χ4v) is 1.02. The second kappa shape index (κ2) is 9.06. The Morgan fingerprint density at radius 3 is 2.33 bits per heavy atom. The van der Waals surface area contributed by atoms with Gasteiger partial charge in [0.05, 0.1) is 26.4 Å². The van der Waals surface area contributed by atoms with Crippen molar-refractivity contribution in [1.82, 2.24) is 5.32 Å². The van der Waals surface area contributed by atoms with Gasteiger partial charge < -0.3 is 25.4 Å². The third kappa shape index (κ3) is 7.70. The zero-order valence-corrected chi connectivity index (χ0v) is 9.41. The summed E-state index contributed by atoms with van der Waals surface area (Å²) in [4.78, 5) is 0. The molecular formula is C10H23NO4. The largest absolute Gasteiger partial charge is 0.396 e. The molecule has 0 aliphatic heterocycles. The van der Waals surface area contributed by atoms with E-state index in [0.29, 0.717) is 19.8 Å². The molecule has 0 heterocycles. The molecule has 0 aromatic carbocycles. The summed E-state index contributed by atoms with van der Waals surface area (Å²) >= 11 is 0. The van der Waals surface area contributed by atoms with Crippen LogP contribution in [0.4, 0.5) is 0 Å². The summed E-state index contributed by atoms with van der Waals surface area (Å²) in [6.45, 7) is 4.17. The van der Waals surface area contributed by atoms with Crippen molar-refractivity contribution in [3.8, 4) is 0 Å². The van der Waals surface area contributed by atoms with Crippen LogP contribution in [0.1, 0.15) is 13.3 Å². The van der Waals surface area contributed by atoms with Gasteiger partial charge in [0, 0.05) is 18.6 Å². The standard InChI is InChI=1S/C10H23NO4/c1-10(8-13,9-14)7-11-3-2-5-15-6-4-12/h11-14H,2-9H2,1H3. The van der Waals surface area contributed by atoms with Crippen LogP contribution in [0.5, 0.6) is 0 Å². The van der Waals surface area contributed by atoms with E-state index in [4.69, 9.17) is 20.1 Å². The molecule has 0 spiro atoms. The van der Waals surface area contributed by atoms with Gasteiger partial charge in [0.25, 0.3) is 0 Å². The number of aliphatic hydroxyl groups excluding tert-OH is 3. The highest BCUT2D eigenvalue weighted by molar-refractivity contribution is 4.74. The van der Waals surface area contributed by atoms with Crippen molar-refractivity contribution in [2.75, 3.05) is 46.1 Å². The first-order chi connectivity index (χ1) is 7.18. The van der Waals surface area contributed by atoms with E-state index in [-0.39, 0.29) is 19.8 Å². The maximum absolute atomic E-state index is 9.01. The van der Waals surface area contributed by atoms with Crippen LogP contribution < -0.4 is 5.32 Å². The topological polar surface area (TPSA) is 82.0 Å². The molecule has 0 rings (SSSR count). The van der Waals surface area contributed by atoms with E-state index < -0.39 is 5.41 Å². The zero-order chi connectivity index (χ0) is 11.6. The quantitative estimate of drug-likeness (QED) is 0.354. The Kier molecular flexibility index (Phi) is 8.94. The minimum atomic E-state index is -0.452. The fraction of sp³-hybridized carbons (Fsp3) is 1.00. The first kappa shape index (κ1) is 14.8. The number of rotatable bonds is 10. The predicted octanol–water partition coefficient (Wildman–Crippen LogP) is -1.03. The lowest BCUT2D eigenvalue weighted by molar-refractivity contribution is 0.0673. The normalized spacial score (nSPS) is 12.0. The van der Waals surface area contributed by atoms with Gasteiger partial charge in [0.1, 0.15) is 0 Å². The Labute approximate surface area is 91.1 Å². The molecule has 92 valence electrons. The molecule has 0 unspecified atom stereocenters. The molecular weight excluding hydrogens is 198 g/mol. The van der Waals surface area contributed by atoms with Crippen LogP contribution in [0, 0.1) is 5.41 Å². The van der Waals surface area contributed by atoms with E-state index in [0.717, 1.165) is 13.0 Å². The molecule has 15 heavy (non-hydrogen) atoms. The van der Waals surface area contributed by atoms with E-state index in [1.807, 2.05) is 6.92 Å². The Morgan fingerprint density at radius 1 is 1.13 bits per heavy atom. The summed E-state index contributed by atoms with van der Waals surface area (Å²) in [6, 6.07) is 0. The molecule has 0 fully saturated rings. The molecule has 0 aromatic rings. The Bertz CT molecular complexity index is 139. The van der Waals surface area contributed by atoms with E-state index in [2.05, 4.69) is 5.32 Å². The van der Waals surface area contributed by atoms with Gasteiger partial charge >= 0.3 is 0 Å². The van der Waals surface area contributed by atoms with Crippen molar-refractivity contribution in [1.29, 1.82) is 0 Å². The molecule has 4 N–H and O–H groups in total. The van der Waals surface area contributed by atoms with Crippen molar-refractivity contribution >= 4 is 0 Å². The number of hydrogen-bond acceptors (Lipinski definition) is 5. The van der Waals surface area contributed by atoms with Crippen molar-refractivity contribution in [3.05, 3.63) is 0 Å². The molecule has 0 saturated carbocycles. The molecule has 0 bridgehead atoms. The lowest BCUT2D eigenvalue weighted by Crippen LogP contribution is -2.38. The van der Waals surface area contributed by atoms with Crippen molar-refractivity contribution < 1.29 is 20.1 Å². The average molecular weight is 221 g/mol. The van der Waals surface area contributed by atoms with Gasteiger partial charge in [0.15, 0.2) is 0 Å². The van der Waals surface area contributed by atoms with Crippen molar-refractivity contribution in [2.24, 2.45) is 5.41 Å². The van der Waals surface area contributed by atoms with E-state index >= 15 is 0 Å². The van der Waals surface area contributed by atoms with Gasteiger partial charge in [-0.05, 0) is 13.0 Å². The Hall–Kier alpha value is -0.200. The maximum atomic E-state index is 9.01. The first-order valence-electron chi connectivity index (χ1n) is 5.29. The van der Waals surface area contributed by atoms with Crippen LogP contribution in [-0.4, -0.2) is 61.4 Å². The summed E-state index contributed by atoms with van der Waals surface area (Å²) in [7, 11) is 0. The number of aliphatic hydroxyl groups is 3. The van der Waals surface area contributed by atoms with Crippen molar-refractivity contribution in [2.45, 2.75) is 13.3 Å². The van der Waals surface area contributed by atoms with Crippen LogP contribution in [0.3, 0.4) is 0 Å². The van der Waals surface area contributed by atoms with Gasteiger partial charge in [-0.25, -0.2) is 0 Å². The van der Waals surface area contributed by atoms with E-state index in [1.165, 1.54) is 0 Å². The second-order valence-corrected chi connectivity index (χ2v) is 3.99. The molecule has 0 saturated heterocycles. The van der Waals surface area contributed by atoms with Gasteiger partial charge in [-0.1, -0.05) is 6.92 Å². The summed E-state index contributed by atoms with van der Waals surface area (Å²) in [5.74, 6) is 0. The van der Waals surface area contributed by atoms with Crippen molar-refractivity contribution in [3.63, 3.8) is 0 Å². The highest BCUT2D eigenvalue weighted by Crippen LogP contribution is 2.11. The summed E-state index contributed by atoms with van der Waals surface area (Å²) in [5, 5.41) is 29.6. The molecule has 5 heteroatoms. The third-order valence-corrected chi connectivity index (χ3v) is 2.19. The highest BCUT2D eigenvalue weighted by Gasteiger charge is 2.21. The van der Waals surface area contributed by atoms with Crippen LogP contribution in [-0.2, 0) is 4.74 Å². The van der Waals surface area contributed by atoms with E-state index in [9.17, 15) is 0 Å². The molecule has 0 amide bonds. The summed E-state index contributed by atoms with van der Waals surface area (Å²) in [5.41, 5.74) is -0.452. The minimum Gasteiger partial charge on any atom is -0.396 e. The lowest BCUT2D eigenvalue weighted by Gasteiger charge is -2.24. The highest BCUT2D eigenvalue weighted by atomic mass is 16.5. The smallest absolute Gasteiger partial charge is 0.0697 e. The average Bonchev–Trinajstić information content (AvgIpc) is 2.27. The van der Waals surface area contributed by atoms with Gasteiger partial charge in [0.2, 0.25) is 0 Å². The maximum Gasteiger partial charge on any atom is 0.0697 e. The fourth-order valence-electron chi connectivity index (χ4n) is 1.02. The number of hydrogen-bond donors (Lipinski definition) is 4. The van der Waals surface area contributed by atoms with Crippen LogP contribution >= 0.6 is 0 Å². The molecule has 0 atom stereocenters. The van der Waals surface area contributed by atoms with Gasteiger partial charge in [-0.2, -0.15) is 0 Å². The SMILES string of the molecule is CC(CO)(CO)CNCCCOCCO. The molecule has 0 radical (unpaired) electrons. The Morgan fingerprint density at radius 2 is 1.80 bits per heavy atom. The predicted molar refractivity (Wildman–Crippen MR) is 57.7 cm³/mol. The van der Waals surface area contributed by atoms with Crippen LogP contribution in [0.2, 0.25) is 0 Å². The first-order valence-corrected chi connectivity index (χ1v) is 5.29. The summed E-state index contributed by atoms with van der Waals surface area (Å²) in [6.07, 6.45) is 0.854.